The zero-order valence-electron chi connectivity index (χ0n) is 2.27. The molecule has 0 fully saturated rings. The van der Waals surface area contributed by atoms with Crippen molar-refractivity contribution in [1.82, 2.24) is 0 Å². The molecule has 0 aliphatic heterocycles. The minimum absolute atomic E-state index is 0. The molecule has 0 rings (SSSR count). The van der Waals surface area contributed by atoms with Crippen LogP contribution in [0.15, 0.2) is 0 Å². The first-order valence-corrected chi connectivity index (χ1v) is 0. The fourth-order valence-electron chi connectivity index (χ4n) is 0. The molecule has 6 radical (unpaired) electrons. The van der Waals surface area contributed by atoms with Gasteiger partial charge in [0.25, 0.3) is 0 Å². The van der Waals surface area contributed by atoms with Crippen molar-refractivity contribution >= 4 is 34.0 Å². The molecule has 0 saturated heterocycles. The van der Waals surface area contributed by atoms with Crippen molar-refractivity contribution in [3.63, 3.8) is 0 Å². The minimum Gasteiger partial charge on any atom is 0 e. The number of hydrogen-bond acceptors (Lipinski definition) is 0. The second-order valence-electron chi connectivity index (χ2n) is 0. The molecule has 0 amide bonds. The Morgan fingerprint density at radius 1 is 1.00 bits per heavy atom. The molecule has 0 aromatic rings. The van der Waals surface area contributed by atoms with Gasteiger partial charge < -0.3 is 0 Å². The van der Waals surface area contributed by atoms with E-state index in [0.29, 0.717) is 0 Å². The van der Waals surface area contributed by atoms with E-state index in [0.717, 1.165) is 0 Å². The third-order valence-corrected chi connectivity index (χ3v) is 0. The summed E-state index contributed by atoms with van der Waals surface area (Å²) in [7, 11) is 0. The van der Waals surface area contributed by atoms with Gasteiger partial charge in [-0.3, -0.25) is 0 Å². The van der Waals surface area contributed by atoms with Crippen molar-refractivity contribution in [2.75, 3.05) is 0 Å². The van der Waals surface area contributed by atoms with Crippen LogP contribution in [0.2, 0.25) is 0 Å². The first-order valence-electron chi connectivity index (χ1n) is 0. The van der Waals surface area contributed by atoms with Crippen LogP contribution < -0.4 is 0 Å². The Kier molecular flexibility index (Phi) is 172. The topological polar surface area (TPSA) is 0 Å². The van der Waals surface area contributed by atoms with Crippen molar-refractivity contribution in [3.05, 3.63) is 0 Å². The summed E-state index contributed by atoms with van der Waals surface area (Å²) in [6, 6.07) is 0. The molecule has 0 N–H and O–H groups in total. The fourth-order valence-corrected chi connectivity index (χ4v) is 0. The number of rotatable bonds is 0. The molecule has 0 aromatic carbocycles. The van der Waals surface area contributed by atoms with Gasteiger partial charge in [-0.25, -0.2) is 0 Å². The van der Waals surface area contributed by atoms with Gasteiger partial charge in [0.1, 0.15) is 0 Å². The third-order valence-electron chi connectivity index (χ3n) is 0. The van der Waals surface area contributed by atoms with Crippen LogP contribution in [0.4, 0.5) is 0 Å². The van der Waals surface area contributed by atoms with Gasteiger partial charge in [-0.1, -0.05) is 0 Å². The molecular weight excluding hydrogens is 174 g/mol. The molecule has 0 aliphatic carbocycles. The van der Waals surface area contributed by atoms with E-state index in [-0.39, 0.29) is 70.6 Å². The molecule has 0 aromatic heterocycles. The molecule has 0 bridgehead atoms. The van der Waals surface area contributed by atoms with Crippen LogP contribution in [0, 0.1) is 0 Å². The van der Waals surface area contributed by atoms with E-state index in [1.807, 2.05) is 0 Å². The Hall–Kier alpha value is 2.13. The molecule has 0 heterocycles. The van der Waals surface area contributed by atoms with Crippen LogP contribution >= 0.6 is 0 Å². The molecule has 4 heteroatoms. The summed E-state index contributed by atoms with van der Waals surface area (Å²) in [5.74, 6) is 0. The maximum absolute atomic E-state index is 0. The molecule has 0 nitrogen and oxygen atoms in total. The van der Waals surface area contributed by atoms with Crippen LogP contribution in [-0.4, -0.2) is 34.0 Å². The summed E-state index contributed by atoms with van der Waals surface area (Å²) in [6.07, 6.45) is 0. The SMILES string of the molecule is [Fe].[Mg].[Si].[Zn]. The van der Waals surface area contributed by atoms with E-state index in [1.54, 1.807) is 0 Å². The van der Waals surface area contributed by atoms with E-state index in [2.05, 4.69) is 0 Å². The van der Waals surface area contributed by atoms with Crippen molar-refractivity contribution in [1.29, 1.82) is 0 Å². The molecule has 4 heavy (non-hydrogen) atoms. The van der Waals surface area contributed by atoms with Crippen LogP contribution in [0.5, 0.6) is 0 Å². The maximum atomic E-state index is 0. The average Bonchev–Trinajstić information content (AvgIpc) is 0. The van der Waals surface area contributed by atoms with Gasteiger partial charge in [-0.2, -0.15) is 0 Å². The summed E-state index contributed by atoms with van der Waals surface area (Å²) in [6.45, 7) is 0. The predicted octanol–water partition coefficient (Wildman–Crippen LogP) is -0.767. The first kappa shape index (κ1) is 35.6. The predicted molar refractivity (Wildman–Crippen MR) is 11.5 cm³/mol. The molecule has 0 aliphatic rings. The van der Waals surface area contributed by atoms with Crippen molar-refractivity contribution in [2.45, 2.75) is 0 Å². The van der Waals surface area contributed by atoms with Crippen molar-refractivity contribution in [2.24, 2.45) is 0 Å². The van der Waals surface area contributed by atoms with Gasteiger partial charge >= 0.3 is 0 Å². The molecule has 16 valence electrons. The van der Waals surface area contributed by atoms with Crippen molar-refractivity contribution in [3.8, 4) is 0 Å². The second kappa shape index (κ2) is 19.3. The van der Waals surface area contributed by atoms with E-state index in [1.165, 1.54) is 0 Å². The Bertz CT molecular complexity index is 8.00. The Labute approximate surface area is 69.9 Å². The normalized spacial score (nSPS) is 0. The van der Waals surface area contributed by atoms with E-state index in [4.69, 9.17) is 0 Å². The standard InChI is InChI=1S/Fe.Mg.Si.Zn. The second-order valence-corrected chi connectivity index (χ2v) is 0. The van der Waals surface area contributed by atoms with Crippen molar-refractivity contribution < 1.29 is 36.5 Å². The molecule has 0 saturated carbocycles. The average molecular weight is 174 g/mol. The Morgan fingerprint density at radius 3 is 1.00 bits per heavy atom. The zero-order chi connectivity index (χ0) is 0. The van der Waals surface area contributed by atoms with E-state index >= 15 is 0 Å². The van der Waals surface area contributed by atoms with Gasteiger partial charge in [-0.05, 0) is 0 Å². The number of hydrogen-bond donors (Lipinski definition) is 0. The fraction of sp³-hybridized carbons (Fsp3) is 0. The van der Waals surface area contributed by atoms with Gasteiger partial charge in [0.15, 0.2) is 0 Å². The summed E-state index contributed by atoms with van der Waals surface area (Å²) < 4.78 is 0. The smallest absolute Gasteiger partial charge is 0 e. The van der Waals surface area contributed by atoms with E-state index in [9.17, 15) is 0 Å². The first-order chi connectivity index (χ1) is 0. The van der Waals surface area contributed by atoms with Gasteiger partial charge in [0.05, 0.1) is 0 Å². The molecular formula is FeMgSiZn. The van der Waals surface area contributed by atoms with Gasteiger partial charge in [0.2, 0.25) is 0 Å². The minimum atomic E-state index is 0. The van der Waals surface area contributed by atoms with Crippen LogP contribution in [0.1, 0.15) is 0 Å². The summed E-state index contributed by atoms with van der Waals surface area (Å²) in [5, 5.41) is 0. The monoisotopic (exact) mass is 172 g/mol. The molecule has 0 atom stereocenters. The maximum Gasteiger partial charge on any atom is 0 e. The molecule has 0 spiro atoms. The van der Waals surface area contributed by atoms with Gasteiger partial charge in [0, 0.05) is 70.6 Å². The van der Waals surface area contributed by atoms with Crippen LogP contribution in [0.3, 0.4) is 0 Å². The summed E-state index contributed by atoms with van der Waals surface area (Å²) >= 11 is 0. The van der Waals surface area contributed by atoms with E-state index < -0.39 is 0 Å². The Balaban J connectivity index is 0. The Morgan fingerprint density at radius 2 is 1.00 bits per heavy atom. The quantitative estimate of drug-likeness (QED) is 0.423. The zero-order valence-corrected chi connectivity index (χ0v) is 8.75. The van der Waals surface area contributed by atoms with Gasteiger partial charge in [-0.15, -0.1) is 0 Å². The van der Waals surface area contributed by atoms with Crippen LogP contribution in [-0.2, 0) is 36.5 Å². The van der Waals surface area contributed by atoms with Crippen LogP contribution in [0.25, 0.3) is 0 Å². The summed E-state index contributed by atoms with van der Waals surface area (Å²) in [4.78, 5) is 0. The largest absolute Gasteiger partial charge is 0 e. The molecule has 0 unspecified atom stereocenters. The summed E-state index contributed by atoms with van der Waals surface area (Å²) in [5.41, 5.74) is 0. The third kappa shape index (κ3) is 8.92.